The Kier molecular flexibility index (Phi) is 2.21. The first-order valence-corrected chi connectivity index (χ1v) is 7.93. The highest BCUT2D eigenvalue weighted by Gasteiger charge is 2.34. The van der Waals surface area contributed by atoms with Crippen molar-refractivity contribution in [2.75, 3.05) is 5.75 Å². The van der Waals surface area contributed by atoms with Crippen LogP contribution < -0.4 is 5.32 Å². The van der Waals surface area contributed by atoms with E-state index in [4.69, 9.17) is 0 Å². The van der Waals surface area contributed by atoms with E-state index in [0.29, 0.717) is 12.1 Å². The molecule has 0 bridgehead atoms. The first-order chi connectivity index (χ1) is 8.31. The van der Waals surface area contributed by atoms with Crippen LogP contribution in [-0.4, -0.2) is 16.0 Å². The Morgan fingerprint density at radius 2 is 1.94 bits per heavy atom. The third-order valence-corrected chi connectivity index (χ3v) is 5.66. The summed E-state index contributed by atoms with van der Waals surface area (Å²) in [7, 11) is -0.771. The lowest BCUT2D eigenvalue weighted by molar-refractivity contribution is 0.576. The lowest BCUT2D eigenvalue weighted by Gasteiger charge is -2.13. The van der Waals surface area contributed by atoms with Crippen LogP contribution in [0.3, 0.4) is 0 Å². The number of fused-ring (bicyclic) bond motifs is 2. The van der Waals surface area contributed by atoms with E-state index in [1.54, 1.807) is 0 Å². The molecule has 2 unspecified atom stereocenters. The molecule has 1 saturated carbocycles. The number of hydrogen-bond donors (Lipinski definition) is 1. The number of aryl methyl sites for hydroxylation is 2. The Morgan fingerprint density at radius 3 is 2.71 bits per heavy atom. The highest BCUT2D eigenvalue weighted by atomic mass is 32.2. The van der Waals surface area contributed by atoms with Crippen molar-refractivity contribution in [1.82, 2.24) is 5.32 Å². The van der Waals surface area contributed by atoms with Gasteiger partial charge in [0.1, 0.15) is 0 Å². The predicted octanol–water partition coefficient (Wildman–Crippen LogP) is 2.09. The monoisotopic (exact) mass is 247 g/mol. The minimum atomic E-state index is -0.771. The van der Waals surface area contributed by atoms with E-state index in [0.717, 1.165) is 10.6 Å². The number of benzene rings is 1. The molecule has 0 amide bonds. The molecule has 0 aromatic heterocycles. The van der Waals surface area contributed by atoms with Crippen molar-refractivity contribution in [3.05, 3.63) is 28.8 Å². The van der Waals surface area contributed by atoms with Crippen molar-refractivity contribution in [2.24, 2.45) is 0 Å². The molecule has 4 rings (SSSR count). The Balaban J connectivity index is 1.75. The summed E-state index contributed by atoms with van der Waals surface area (Å²) in [6, 6.07) is 5.60. The normalized spacial score (nSPS) is 30.4. The SMILES string of the molecule is O=S1CC(NC2CC2)c2cc3c(cc21)CCC3. The third-order valence-electron chi connectivity index (χ3n) is 4.18. The van der Waals surface area contributed by atoms with Crippen LogP contribution in [0.2, 0.25) is 0 Å². The van der Waals surface area contributed by atoms with Gasteiger partial charge in [0.05, 0.1) is 10.8 Å². The summed E-state index contributed by atoms with van der Waals surface area (Å²) in [6.45, 7) is 0. The van der Waals surface area contributed by atoms with Crippen molar-refractivity contribution >= 4 is 10.8 Å². The second-order valence-electron chi connectivity index (χ2n) is 5.52. The maximum atomic E-state index is 12.1. The van der Waals surface area contributed by atoms with Crippen LogP contribution in [0.15, 0.2) is 17.0 Å². The minimum absolute atomic E-state index is 0.351. The fourth-order valence-corrected chi connectivity index (χ4v) is 4.59. The molecule has 1 fully saturated rings. The van der Waals surface area contributed by atoms with Crippen LogP contribution in [0.1, 0.15) is 42.0 Å². The van der Waals surface area contributed by atoms with Crippen molar-refractivity contribution in [1.29, 1.82) is 0 Å². The summed E-state index contributed by atoms with van der Waals surface area (Å²) in [5, 5.41) is 3.64. The minimum Gasteiger partial charge on any atom is -0.306 e. The highest BCUT2D eigenvalue weighted by Crippen LogP contribution is 2.37. The van der Waals surface area contributed by atoms with Gasteiger partial charge in [0.25, 0.3) is 0 Å². The maximum absolute atomic E-state index is 12.1. The van der Waals surface area contributed by atoms with Gasteiger partial charge in [-0.05, 0) is 54.9 Å². The average Bonchev–Trinajstić information content (AvgIpc) is 2.93. The first kappa shape index (κ1) is 10.3. The van der Waals surface area contributed by atoms with E-state index in [1.807, 2.05) is 0 Å². The first-order valence-electron chi connectivity index (χ1n) is 6.61. The topological polar surface area (TPSA) is 29.1 Å². The summed E-state index contributed by atoms with van der Waals surface area (Å²) in [5.41, 5.74) is 4.28. The molecule has 0 spiro atoms. The van der Waals surface area contributed by atoms with E-state index in [9.17, 15) is 4.21 Å². The van der Waals surface area contributed by atoms with Gasteiger partial charge in [-0.15, -0.1) is 0 Å². The maximum Gasteiger partial charge on any atom is 0.0552 e. The standard InChI is InChI=1S/C14H17NOS/c16-17-8-13(15-11-4-5-11)12-6-9-2-1-3-10(9)7-14(12)17/h6-7,11,13,15H,1-5,8H2. The number of hydrogen-bond acceptors (Lipinski definition) is 2. The van der Waals surface area contributed by atoms with E-state index in [-0.39, 0.29) is 0 Å². The van der Waals surface area contributed by atoms with Gasteiger partial charge < -0.3 is 5.32 Å². The molecule has 1 N–H and O–H groups in total. The van der Waals surface area contributed by atoms with Crippen molar-refractivity contribution in [3.8, 4) is 0 Å². The van der Waals surface area contributed by atoms with E-state index in [1.165, 1.54) is 48.8 Å². The van der Waals surface area contributed by atoms with E-state index in [2.05, 4.69) is 17.4 Å². The molecule has 1 aliphatic heterocycles. The molecule has 17 heavy (non-hydrogen) atoms. The van der Waals surface area contributed by atoms with E-state index >= 15 is 0 Å². The molecule has 2 atom stereocenters. The van der Waals surface area contributed by atoms with Crippen LogP contribution >= 0.6 is 0 Å². The van der Waals surface area contributed by atoms with Crippen molar-refractivity contribution in [2.45, 2.75) is 49.1 Å². The predicted molar refractivity (Wildman–Crippen MR) is 68.6 cm³/mol. The van der Waals surface area contributed by atoms with Gasteiger partial charge in [-0.3, -0.25) is 4.21 Å². The average molecular weight is 247 g/mol. The molecule has 1 aromatic carbocycles. The molecule has 2 nitrogen and oxygen atoms in total. The van der Waals surface area contributed by atoms with Crippen LogP contribution in [0.4, 0.5) is 0 Å². The Morgan fingerprint density at radius 1 is 1.18 bits per heavy atom. The van der Waals surface area contributed by atoms with Gasteiger partial charge in [-0.1, -0.05) is 6.07 Å². The van der Waals surface area contributed by atoms with Crippen molar-refractivity contribution in [3.63, 3.8) is 0 Å². The molecular weight excluding hydrogens is 230 g/mol. The smallest absolute Gasteiger partial charge is 0.0552 e. The van der Waals surface area contributed by atoms with Crippen LogP contribution in [-0.2, 0) is 23.6 Å². The molecule has 3 heteroatoms. The zero-order valence-corrected chi connectivity index (χ0v) is 10.7. The van der Waals surface area contributed by atoms with Crippen molar-refractivity contribution < 1.29 is 4.21 Å². The second kappa shape index (κ2) is 3.66. The summed E-state index contributed by atoms with van der Waals surface area (Å²) < 4.78 is 12.1. The Hall–Kier alpha value is -0.670. The third kappa shape index (κ3) is 1.67. The van der Waals surface area contributed by atoms with Gasteiger partial charge in [0.2, 0.25) is 0 Å². The fraction of sp³-hybridized carbons (Fsp3) is 0.571. The summed E-state index contributed by atoms with van der Waals surface area (Å²) in [4.78, 5) is 1.11. The van der Waals surface area contributed by atoms with Gasteiger partial charge in [-0.25, -0.2) is 0 Å². The summed E-state index contributed by atoms with van der Waals surface area (Å²) in [6.07, 6.45) is 6.25. The largest absolute Gasteiger partial charge is 0.306 e. The highest BCUT2D eigenvalue weighted by molar-refractivity contribution is 7.85. The summed E-state index contributed by atoms with van der Waals surface area (Å²) in [5.74, 6) is 0.786. The van der Waals surface area contributed by atoms with Crippen LogP contribution in [0, 0.1) is 0 Å². The fourth-order valence-electron chi connectivity index (χ4n) is 3.09. The van der Waals surface area contributed by atoms with Gasteiger partial charge >= 0.3 is 0 Å². The molecule has 1 aromatic rings. The molecular formula is C14H17NOS. The molecule has 0 radical (unpaired) electrons. The zero-order valence-electron chi connectivity index (χ0n) is 9.87. The zero-order chi connectivity index (χ0) is 11.4. The molecule has 0 saturated heterocycles. The summed E-state index contributed by atoms with van der Waals surface area (Å²) >= 11 is 0. The number of rotatable bonds is 2. The van der Waals surface area contributed by atoms with Gasteiger partial charge in [-0.2, -0.15) is 0 Å². The number of nitrogens with one attached hydrogen (secondary N) is 1. The quantitative estimate of drug-likeness (QED) is 0.867. The molecule has 90 valence electrons. The molecule has 3 aliphatic rings. The second-order valence-corrected chi connectivity index (χ2v) is 6.98. The van der Waals surface area contributed by atoms with Gasteiger partial charge in [0.15, 0.2) is 0 Å². The lowest BCUT2D eigenvalue weighted by atomic mass is 10.0. The van der Waals surface area contributed by atoms with Crippen LogP contribution in [0.5, 0.6) is 0 Å². The van der Waals surface area contributed by atoms with Crippen LogP contribution in [0.25, 0.3) is 0 Å². The molecule has 2 aliphatic carbocycles. The van der Waals surface area contributed by atoms with E-state index < -0.39 is 10.8 Å². The lowest BCUT2D eigenvalue weighted by Crippen LogP contribution is -2.24. The van der Waals surface area contributed by atoms with Gasteiger partial charge in [0, 0.05) is 22.7 Å². The Bertz CT molecular complexity index is 507. The Labute approximate surface area is 104 Å². The molecule has 1 heterocycles.